The monoisotopic (exact) mass is 437 g/mol. The van der Waals surface area contributed by atoms with Crippen molar-refractivity contribution in [1.29, 1.82) is 0 Å². The number of hydrogen-bond acceptors (Lipinski definition) is 4. The summed E-state index contributed by atoms with van der Waals surface area (Å²) < 4.78 is 6.80. The van der Waals surface area contributed by atoms with Gasteiger partial charge in [-0.25, -0.2) is 9.48 Å². The molecule has 3 aromatic rings. The molecule has 7 heteroatoms. The van der Waals surface area contributed by atoms with E-state index in [9.17, 15) is 9.59 Å². The zero-order valence-electron chi connectivity index (χ0n) is 17.4. The number of para-hydroxylation sites is 1. The van der Waals surface area contributed by atoms with Gasteiger partial charge in [0.25, 0.3) is 5.91 Å². The van der Waals surface area contributed by atoms with Crippen molar-refractivity contribution in [3.8, 4) is 5.69 Å². The molecule has 160 valence electrons. The maximum absolute atomic E-state index is 12.2. The number of ether oxygens (including phenoxy) is 1. The molecule has 0 saturated heterocycles. The van der Waals surface area contributed by atoms with Crippen LogP contribution in [0.1, 0.15) is 23.7 Å². The van der Waals surface area contributed by atoms with Crippen molar-refractivity contribution in [1.82, 2.24) is 15.1 Å². The first-order valence-corrected chi connectivity index (χ1v) is 10.3. The lowest BCUT2D eigenvalue weighted by Crippen LogP contribution is -2.36. The molecular weight excluding hydrogens is 414 g/mol. The van der Waals surface area contributed by atoms with E-state index in [1.807, 2.05) is 60.7 Å². The second-order valence-corrected chi connectivity index (χ2v) is 7.33. The first-order valence-electron chi connectivity index (χ1n) is 9.96. The predicted octanol–water partition coefficient (Wildman–Crippen LogP) is 4.14. The minimum atomic E-state index is -0.906. The second kappa shape index (κ2) is 10.6. The van der Waals surface area contributed by atoms with Gasteiger partial charge in [0.05, 0.1) is 11.4 Å². The van der Waals surface area contributed by atoms with Crippen molar-refractivity contribution in [3.63, 3.8) is 0 Å². The van der Waals surface area contributed by atoms with Gasteiger partial charge in [0.1, 0.15) is 5.15 Å². The molecule has 1 unspecified atom stereocenters. The van der Waals surface area contributed by atoms with Gasteiger partial charge in [-0.2, -0.15) is 5.10 Å². The number of amides is 1. The molecule has 3 rings (SSSR count). The predicted molar refractivity (Wildman–Crippen MR) is 121 cm³/mol. The lowest BCUT2D eigenvalue weighted by Gasteiger charge is -2.12. The molecule has 1 aromatic heterocycles. The van der Waals surface area contributed by atoms with Gasteiger partial charge in [0, 0.05) is 18.2 Å². The number of nitrogens with one attached hydrogen (secondary N) is 1. The molecular formula is C24H24ClN3O3. The maximum atomic E-state index is 12.2. The van der Waals surface area contributed by atoms with Gasteiger partial charge in [-0.05, 0) is 44.0 Å². The summed E-state index contributed by atoms with van der Waals surface area (Å²) in [7, 11) is 0. The molecule has 1 amide bonds. The highest BCUT2D eigenvalue weighted by Gasteiger charge is 2.17. The third-order valence-electron chi connectivity index (χ3n) is 4.65. The van der Waals surface area contributed by atoms with Crippen LogP contribution in [0.3, 0.4) is 0 Å². The minimum absolute atomic E-state index is 0.344. The van der Waals surface area contributed by atoms with Crippen LogP contribution in [-0.2, 0) is 20.7 Å². The zero-order valence-corrected chi connectivity index (χ0v) is 18.2. The van der Waals surface area contributed by atoms with Crippen LogP contribution in [-0.4, -0.2) is 34.3 Å². The molecule has 0 aliphatic carbocycles. The number of esters is 1. The number of hydrogen-bond donors (Lipinski definition) is 1. The molecule has 0 aliphatic heterocycles. The molecule has 0 bridgehead atoms. The fourth-order valence-corrected chi connectivity index (χ4v) is 3.31. The Balaban J connectivity index is 1.54. The fraction of sp³-hybridized carbons (Fsp3) is 0.208. The molecule has 2 aromatic carbocycles. The summed E-state index contributed by atoms with van der Waals surface area (Å²) in [5.41, 5.74) is 3.23. The normalized spacial score (nSPS) is 12.0. The van der Waals surface area contributed by atoms with E-state index in [2.05, 4.69) is 10.4 Å². The minimum Gasteiger partial charge on any atom is -0.449 e. The Bertz CT molecular complexity index is 1060. The van der Waals surface area contributed by atoms with E-state index in [1.165, 1.54) is 13.0 Å². The van der Waals surface area contributed by atoms with E-state index in [1.54, 1.807) is 17.7 Å². The number of halogens is 1. The number of aryl methyl sites for hydroxylation is 1. The van der Waals surface area contributed by atoms with Crippen LogP contribution in [0.5, 0.6) is 0 Å². The van der Waals surface area contributed by atoms with E-state index in [4.69, 9.17) is 16.3 Å². The van der Waals surface area contributed by atoms with Crippen LogP contribution in [0.15, 0.2) is 66.7 Å². The second-order valence-electron chi connectivity index (χ2n) is 6.98. The topological polar surface area (TPSA) is 73.2 Å². The molecule has 0 radical (unpaired) electrons. The van der Waals surface area contributed by atoms with Crippen molar-refractivity contribution in [2.24, 2.45) is 0 Å². The molecule has 1 N–H and O–H groups in total. The number of benzene rings is 2. The average molecular weight is 438 g/mol. The quantitative estimate of drug-likeness (QED) is 0.424. The maximum Gasteiger partial charge on any atom is 0.331 e. The first kappa shape index (κ1) is 22.3. The largest absolute Gasteiger partial charge is 0.449 e. The number of carbonyl (C=O) groups is 2. The Kier molecular flexibility index (Phi) is 7.62. The Morgan fingerprint density at radius 3 is 2.45 bits per heavy atom. The first-order chi connectivity index (χ1) is 15.0. The smallest absolute Gasteiger partial charge is 0.331 e. The van der Waals surface area contributed by atoms with E-state index >= 15 is 0 Å². The molecule has 0 fully saturated rings. The Morgan fingerprint density at radius 1 is 1.13 bits per heavy atom. The molecule has 6 nitrogen and oxygen atoms in total. The summed E-state index contributed by atoms with van der Waals surface area (Å²) in [4.78, 5) is 24.3. The SMILES string of the molecule is Cc1nn(-c2ccccc2)c(Cl)c1/C=C/C(=O)OC(C)C(=O)NCCc1ccccc1. The molecule has 1 atom stereocenters. The number of carbonyl (C=O) groups excluding carboxylic acids is 2. The Hall–Kier alpha value is -3.38. The highest BCUT2D eigenvalue weighted by Crippen LogP contribution is 2.24. The van der Waals surface area contributed by atoms with Gasteiger partial charge >= 0.3 is 5.97 Å². The van der Waals surface area contributed by atoms with E-state index in [-0.39, 0.29) is 5.91 Å². The number of nitrogens with zero attached hydrogens (tertiary/aromatic N) is 2. The number of aromatic nitrogens is 2. The molecule has 31 heavy (non-hydrogen) atoms. The van der Waals surface area contributed by atoms with Crippen LogP contribution >= 0.6 is 11.6 Å². The Labute approximate surface area is 186 Å². The standard InChI is InChI=1S/C24H24ClN3O3/c1-17-21(23(25)28(27-17)20-11-7-4-8-12-20)13-14-22(29)31-18(2)24(30)26-16-15-19-9-5-3-6-10-19/h3-14,18H,15-16H2,1-2H3,(H,26,30)/b14-13+. The fourth-order valence-electron chi connectivity index (χ4n) is 2.98. The van der Waals surface area contributed by atoms with Gasteiger partial charge in [-0.3, -0.25) is 4.79 Å². The average Bonchev–Trinajstić information content (AvgIpc) is 3.06. The van der Waals surface area contributed by atoms with Gasteiger partial charge in [-0.1, -0.05) is 60.1 Å². The van der Waals surface area contributed by atoms with Crippen molar-refractivity contribution in [2.75, 3.05) is 6.54 Å². The van der Waals surface area contributed by atoms with Crippen LogP contribution in [0.4, 0.5) is 0 Å². The third kappa shape index (κ3) is 6.06. The van der Waals surface area contributed by atoms with Crippen molar-refractivity contribution >= 4 is 29.6 Å². The highest BCUT2D eigenvalue weighted by atomic mass is 35.5. The molecule has 0 saturated carbocycles. The zero-order chi connectivity index (χ0) is 22.2. The van der Waals surface area contributed by atoms with Gasteiger partial charge in [0.15, 0.2) is 6.10 Å². The lowest BCUT2D eigenvalue weighted by atomic mass is 10.1. The van der Waals surface area contributed by atoms with Crippen LogP contribution in [0, 0.1) is 6.92 Å². The summed E-state index contributed by atoms with van der Waals surface area (Å²) in [6.45, 7) is 3.81. The van der Waals surface area contributed by atoms with E-state index in [0.29, 0.717) is 29.4 Å². The van der Waals surface area contributed by atoms with Crippen LogP contribution < -0.4 is 5.32 Å². The van der Waals surface area contributed by atoms with Crippen molar-refractivity contribution in [2.45, 2.75) is 26.4 Å². The van der Waals surface area contributed by atoms with Crippen LogP contribution in [0.25, 0.3) is 11.8 Å². The van der Waals surface area contributed by atoms with Gasteiger partial charge < -0.3 is 10.1 Å². The van der Waals surface area contributed by atoms with Crippen LogP contribution in [0.2, 0.25) is 5.15 Å². The molecule has 0 spiro atoms. The highest BCUT2D eigenvalue weighted by molar-refractivity contribution is 6.31. The summed E-state index contributed by atoms with van der Waals surface area (Å²) >= 11 is 6.44. The van der Waals surface area contributed by atoms with Gasteiger partial charge in [-0.15, -0.1) is 0 Å². The Morgan fingerprint density at radius 2 is 1.77 bits per heavy atom. The summed E-state index contributed by atoms with van der Waals surface area (Å²) in [6, 6.07) is 19.3. The third-order valence-corrected chi connectivity index (χ3v) is 5.02. The van der Waals surface area contributed by atoms with Crippen molar-refractivity contribution in [3.05, 3.63) is 88.7 Å². The lowest BCUT2D eigenvalue weighted by molar-refractivity contribution is -0.150. The van der Waals surface area contributed by atoms with Gasteiger partial charge in [0.2, 0.25) is 0 Å². The summed E-state index contributed by atoms with van der Waals surface area (Å²) in [5, 5.41) is 7.59. The molecule has 1 heterocycles. The van der Waals surface area contributed by atoms with Crippen molar-refractivity contribution < 1.29 is 14.3 Å². The number of rotatable bonds is 8. The summed E-state index contributed by atoms with van der Waals surface area (Å²) in [5.74, 6) is -0.975. The van der Waals surface area contributed by atoms with E-state index in [0.717, 1.165) is 11.3 Å². The molecule has 0 aliphatic rings. The summed E-state index contributed by atoms with van der Waals surface area (Å²) in [6.07, 6.45) is 2.60. The van der Waals surface area contributed by atoms with E-state index < -0.39 is 12.1 Å².